The van der Waals surface area contributed by atoms with Crippen molar-refractivity contribution in [3.63, 3.8) is 0 Å². The predicted molar refractivity (Wildman–Crippen MR) is 436 cm³/mol. The van der Waals surface area contributed by atoms with Gasteiger partial charge in [-0.3, -0.25) is 86.3 Å². The highest BCUT2D eigenvalue weighted by Crippen LogP contribution is 2.25. The van der Waals surface area contributed by atoms with E-state index in [1.807, 2.05) is 6.26 Å². The van der Waals surface area contributed by atoms with E-state index in [-0.39, 0.29) is 64.6 Å². The number of carbonyl (C=O) groups is 19. The Morgan fingerprint density at radius 3 is 1.28 bits per heavy atom. The van der Waals surface area contributed by atoms with E-state index in [4.69, 9.17) is 20.7 Å². The normalized spacial score (nSPS) is 18.4. The van der Waals surface area contributed by atoms with Crippen molar-refractivity contribution < 1.29 is 117 Å². The number of carbonyl (C=O) groups excluding carboxylic acids is 15. The molecule has 2 aromatic rings. The molecular formula is C77H122N20O24S. The average Bonchev–Trinajstić information content (AvgIpc) is 1.64. The van der Waals surface area contributed by atoms with Gasteiger partial charge in [0.05, 0.1) is 37.9 Å². The predicted octanol–water partition coefficient (Wildman–Crippen LogP) is -4.24. The van der Waals surface area contributed by atoms with E-state index >= 15 is 0 Å². The SMILES string of the molecule is CC(=O)O.CC[C@H](C)[C@H](NC(=O)[C@@H](NC(=O)[C@@H]1CCCN1C(=O)[C@H](Cc1cnc[nH]1)NC(=O)[C@@H]1CCCN1C(=O)CNC(=O)[C@H](C)NC(=O)[C@@H](N)CCSC)C(C)C)C(=O)N[C@H](C(=O)N[C@H](C(=O)N[C@H](C(=O)NCC(=O)N1CCC[C@H]1C(=O)N[C@@H](Cc1cnc[nH]1)C(=O)N[C@@H](CCC(=O)O)C(=O)N[C@@H](CCC(=O)O)C(=O)O)[C@@H](C)O)[C@@H](C)CC)C(C)C. The Hall–Kier alpha value is -11.4. The summed E-state index contributed by atoms with van der Waals surface area (Å²) in [6, 6.07) is -18.8. The molecule has 0 saturated carbocycles. The first-order valence-corrected chi connectivity index (χ1v) is 42.1. The lowest BCUT2D eigenvalue weighted by molar-refractivity contribution is -0.144. The van der Waals surface area contributed by atoms with Crippen LogP contribution in [0.5, 0.6) is 0 Å². The molecule has 0 unspecified atom stereocenters. The summed E-state index contributed by atoms with van der Waals surface area (Å²) in [7, 11) is 0. The van der Waals surface area contributed by atoms with Crippen molar-refractivity contribution in [1.82, 2.24) is 98.4 Å². The molecule has 3 aliphatic rings. The van der Waals surface area contributed by atoms with E-state index in [1.165, 1.54) is 60.5 Å². The molecule has 15 amide bonds. The third kappa shape index (κ3) is 32.5. The minimum absolute atomic E-state index is 0.0242. The van der Waals surface area contributed by atoms with Gasteiger partial charge in [-0.2, -0.15) is 11.8 Å². The lowest BCUT2D eigenvalue weighted by Gasteiger charge is -2.33. The molecule has 122 heavy (non-hydrogen) atoms. The van der Waals surface area contributed by atoms with Gasteiger partial charge in [0.15, 0.2) is 0 Å². The van der Waals surface area contributed by atoms with Crippen molar-refractivity contribution in [2.24, 2.45) is 29.4 Å². The number of amides is 15. The fourth-order valence-corrected chi connectivity index (χ4v) is 14.1. The Kier molecular flexibility index (Phi) is 42.8. The van der Waals surface area contributed by atoms with Gasteiger partial charge in [0.2, 0.25) is 88.6 Å². The quantitative estimate of drug-likeness (QED) is 0.0298. The number of aliphatic hydroxyl groups is 1. The van der Waals surface area contributed by atoms with Crippen LogP contribution in [0.4, 0.5) is 0 Å². The van der Waals surface area contributed by atoms with Gasteiger partial charge in [0, 0.05) is 76.0 Å². The number of hydrogen-bond donors (Lipinski definition) is 20. The van der Waals surface area contributed by atoms with Crippen LogP contribution in [0.2, 0.25) is 0 Å². The third-order valence-electron chi connectivity index (χ3n) is 21.0. The number of nitrogens with two attached hydrogens (primary N) is 1. The molecule has 17 atom stereocenters. The zero-order valence-electron chi connectivity index (χ0n) is 70.8. The fraction of sp³-hybridized carbons (Fsp3) is 0.675. The molecule has 5 rings (SSSR count). The van der Waals surface area contributed by atoms with E-state index in [1.54, 1.807) is 55.4 Å². The molecule has 45 heteroatoms. The third-order valence-corrected chi connectivity index (χ3v) is 21.7. The van der Waals surface area contributed by atoms with E-state index in [2.05, 4.69) is 83.7 Å². The number of hydrogen-bond acceptors (Lipinski definition) is 24. The number of aromatic amines is 2. The molecule has 0 aromatic carbocycles. The topological polar surface area (TPSA) is 663 Å². The van der Waals surface area contributed by atoms with Gasteiger partial charge in [-0.05, 0) is 107 Å². The monoisotopic (exact) mass is 1740 g/mol. The molecule has 0 spiro atoms. The van der Waals surface area contributed by atoms with Gasteiger partial charge in [-0.15, -0.1) is 0 Å². The number of likely N-dealkylation sites (tertiary alicyclic amines) is 3. The van der Waals surface area contributed by atoms with Crippen LogP contribution >= 0.6 is 11.8 Å². The lowest BCUT2D eigenvalue weighted by atomic mass is 9.94. The summed E-state index contributed by atoms with van der Waals surface area (Å²) >= 11 is 1.51. The van der Waals surface area contributed by atoms with Gasteiger partial charge >= 0.3 is 17.9 Å². The second-order valence-electron chi connectivity index (χ2n) is 31.2. The Bertz CT molecular complexity index is 3940. The van der Waals surface area contributed by atoms with Crippen LogP contribution in [-0.4, -0.2) is 308 Å². The number of aromatic nitrogens is 4. The molecule has 0 aliphatic carbocycles. The van der Waals surface area contributed by atoms with Crippen molar-refractivity contribution in [3.8, 4) is 0 Å². The highest BCUT2D eigenvalue weighted by molar-refractivity contribution is 7.98. The largest absolute Gasteiger partial charge is 0.481 e. The van der Waals surface area contributed by atoms with Crippen LogP contribution in [-0.2, 0) is 104 Å². The molecule has 21 N–H and O–H groups in total. The number of rotatable bonds is 48. The number of imidazole rings is 2. The smallest absolute Gasteiger partial charge is 0.326 e. The molecule has 5 heterocycles. The summed E-state index contributed by atoms with van der Waals surface area (Å²) in [4.78, 5) is 271. The number of aliphatic carboxylic acids is 4. The van der Waals surface area contributed by atoms with Crippen LogP contribution in [0.15, 0.2) is 25.0 Å². The maximum absolute atomic E-state index is 14.8. The number of thioether (sulfide) groups is 1. The second kappa shape index (κ2) is 50.8. The fourth-order valence-electron chi connectivity index (χ4n) is 13.6. The summed E-state index contributed by atoms with van der Waals surface area (Å²) in [5.74, 6) is -19.3. The second-order valence-corrected chi connectivity index (χ2v) is 32.2. The average molecular weight is 1740 g/mol. The summed E-state index contributed by atoms with van der Waals surface area (Å²) in [6.45, 7) is 15.9. The van der Waals surface area contributed by atoms with Crippen molar-refractivity contribution >= 4 is 124 Å². The molecule has 0 radical (unpaired) electrons. The molecular weight excluding hydrogens is 1620 g/mol. The van der Waals surface area contributed by atoms with Crippen molar-refractivity contribution in [3.05, 3.63) is 36.4 Å². The number of aliphatic hydroxyl groups excluding tert-OH is 1. The molecule has 3 fully saturated rings. The van der Waals surface area contributed by atoms with Crippen molar-refractivity contribution in [2.45, 2.75) is 263 Å². The first-order chi connectivity index (χ1) is 57.5. The number of nitrogens with one attached hydrogen (secondary N) is 14. The summed E-state index contributed by atoms with van der Waals surface area (Å²) in [6.07, 6.45) is 5.20. The van der Waals surface area contributed by atoms with Gasteiger partial charge < -0.3 is 120 Å². The zero-order valence-corrected chi connectivity index (χ0v) is 71.7. The molecule has 2 aromatic heterocycles. The van der Waals surface area contributed by atoms with E-state index < -0.39 is 266 Å². The summed E-state index contributed by atoms with van der Waals surface area (Å²) in [5, 5.41) is 77.3. The number of carboxylic acids is 4. The maximum Gasteiger partial charge on any atom is 0.326 e. The van der Waals surface area contributed by atoms with Crippen LogP contribution < -0.4 is 69.5 Å². The highest BCUT2D eigenvalue weighted by Gasteiger charge is 2.45. The Morgan fingerprint density at radius 2 is 0.852 bits per heavy atom. The Morgan fingerprint density at radius 1 is 0.467 bits per heavy atom. The first-order valence-electron chi connectivity index (χ1n) is 40.7. The first kappa shape index (κ1) is 103. The molecule has 680 valence electrons. The van der Waals surface area contributed by atoms with Crippen molar-refractivity contribution in [1.29, 1.82) is 0 Å². The number of H-pyrrole nitrogens is 2. The van der Waals surface area contributed by atoms with Crippen LogP contribution in [0, 0.1) is 23.7 Å². The van der Waals surface area contributed by atoms with Crippen LogP contribution in [0.25, 0.3) is 0 Å². The lowest BCUT2D eigenvalue weighted by Crippen LogP contribution is -2.63. The van der Waals surface area contributed by atoms with Gasteiger partial charge in [-0.25, -0.2) is 14.8 Å². The molecule has 3 aliphatic heterocycles. The van der Waals surface area contributed by atoms with E-state index in [0.29, 0.717) is 42.8 Å². The molecule has 0 bridgehead atoms. The van der Waals surface area contributed by atoms with E-state index in [9.17, 15) is 102 Å². The minimum Gasteiger partial charge on any atom is -0.481 e. The maximum atomic E-state index is 14.8. The Balaban J connectivity index is 0.00000763. The number of carboxylic acid groups (broad SMARTS) is 4. The van der Waals surface area contributed by atoms with Gasteiger partial charge in [-0.1, -0.05) is 68.2 Å². The van der Waals surface area contributed by atoms with Crippen molar-refractivity contribution in [2.75, 3.05) is 44.7 Å². The van der Waals surface area contributed by atoms with Crippen LogP contribution in [0.1, 0.15) is 171 Å². The summed E-state index contributed by atoms with van der Waals surface area (Å²) in [5.41, 5.74) is 6.69. The Labute approximate surface area is 710 Å². The summed E-state index contributed by atoms with van der Waals surface area (Å²) < 4.78 is 0. The van der Waals surface area contributed by atoms with E-state index in [0.717, 1.165) is 11.8 Å². The standard InChI is InChI=1S/C75H118N20O22S.C2H4O2/c1-12-39(7)59(90-70(111)57(37(3)4)88-68(109)52-19-16-27-95(52)74(115)49(30-44-32-78-36-82-44)87-67(108)51-18-15-26-94(51)53(97)33-79-62(103)41(9)83-63(104)45(76)24-28-118-11)72(113)89-58(38(5)6)71(112)91-60(40(8)13-2)73(114)92-61(42(10)96)69(110)80-34-54(98)93-25-14-17-50(93)66(107)86-48(29-43-31-77-35-81-43)65(106)84-46(20-22-55(99)100)64(105)85-47(75(116)117)21-23-56(101)102;1-2(3)4/h31-32,35-42,45-52,57-61,96H,12-30,33-34,76H2,1-11H3,(H,77,81)(H,78,82)(H,79,103)(H,80,110)(H,83,104)(H,84,106)(H,85,105)(H,86,107)(H,87,108)(H,88,109)(H,89,113)(H,90,111)(H,91,112)(H,92,114)(H,99,100)(H,101,102)(H,116,117);1H3,(H,3,4)/t39-,40-,41-,42+,45-,46-,47-,48-,49-,50-,51-,52-,57-,58-,59-,60-,61-;/m0./s1. The van der Waals surface area contributed by atoms with Gasteiger partial charge in [0.25, 0.3) is 5.97 Å². The van der Waals surface area contributed by atoms with Crippen LogP contribution in [0.3, 0.4) is 0 Å². The highest BCUT2D eigenvalue weighted by atomic mass is 32.2. The zero-order chi connectivity index (χ0) is 91.5. The minimum atomic E-state index is -1.76. The number of nitrogens with zero attached hydrogens (tertiary/aromatic N) is 5. The molecule has 3 saturated heterocycles. The van der Waals surface area contributed by atoms with Gasteiger partial charge in [0.1, 0.15) is 78.5 Å². The molecule has 44 nitrogen and oxygen atoms in total.